The third-order valence-corrected chi connectivity index (χ3v) is 6.18. The monoisotopic (exact) mass is 395 g/mol. The van der Waals surface area contributed by atoms with Gasteiger partial charge in [0, 0.05) is 17.5 Å². The van der Waals surface area contributed by atoms with Gasteiger partial charge in [-0.2, -0.15) is 0 Å². The number of fused-ring (bicyclic) bond motifs is 1. The second-order valence-electron chi connectivity index (χ2n) is 8.01. The van der Waals surface area contributed by atoms with Gasteiger partial charge in [-0.1, -0.05) is 56.3 Å². The van der Waals surface area contributed by atoms with Crippen LogP contribution in [0, 0.1) is 5.92 Å². The molecule has 5 nitrogen and oxygen atoms in total. The predicted molar refractivity (Wildman–Crippen MR) is 113 cm³/mol. The summed E-state index contributed by atoms with van der Waals surface area (Å²) in [4.78, 5) is 0. The Hall–Kier alpha value is -2.18. The van der Waals surface area contributed by atoms with Crippen LogP contribution in [0.25, 0.3) is 10.9 Å². The van der Waals surface area contributed by atoms with Crippen molar-refractivity contribution < 1.29 is 20.1 Å². The van der Waals surface area contributed by atoms with Gasteiger partial charge in [0.1, 0.15) is 6.10 Å². The fraction of sp³-hybridized carbons (Fsp3) is 0.417. The molecule has 0 bridgehead atoms. The van der Waals surface area contributed by atoms with Crippen LogP contribution in [0.15, 0.2) is 54.7 Å². The lowest BCUT2D eigenvalue weighted by molar-refractivity contribution is -0.228. The van der Waals surface area contributed by atoms with Crippen molar-refractivity contribution in [2.75, 3.05) is 6.61 Å². The fourth-order valence-electron chi connectivity index (χ4n) is 4.26. The third kappa shape index (κ3) is 3.71. The van der Waals surface area contributed by atoms with Gasteiger partial charge in [-0.25, -0.2) is 0 Å². The molecule has 0 saturated carbocycles. The molecule has 4 rings (SSSR count). The van der Waals surface area contributed by atoms with Gasteiger partial charge in [0.15, 0.2) is 6.23 Å². The van der Waals surface area contributed by atoms with Gasteiger partial charge in [0.2, 0.25) is 0 Å². The molecule has 1 aliphatic heterocycles. The number of aromatic nitrogens is 1. The Morgan fingerprint density at radius 1 is 0.966 bits per heavy atom. The van der Waals surface area contributed by atoms with Crippen molar-refractivity contribution in [1.29, 1.82) is 0 Å². The predicted octanol–water partition coefficient (Wildman–Crippen LogP) is 3.04. The Kier molecular flexibility index (Phi) is 5.74. The fourth-order valence-corrected chi connectivity index (χ4v) is 4.26. The minimum atomic E-state index is -1.07. The van der Waals surface area contributed by atoms with E-state index in [1.165, 1.54) is 11.1 Å². The Morgan fingerprint density at radius 3 is 2.34 bits per heavy atom. The van der Waals surface area contributed by atoms with Crippen LogP contribution >= 0.6 is 0 Å². The summed E-state index contributed by atoms with van der Waals surface area (Å²) in [6.45, 7) is 3.73. The summed E-state index contributed by atoms with van der Waals surface area (Å²) in [6, 6.07) is 16.7. The zero-order valence-corrected chi connectivity index (χ0v) is 16.9. The van der Waals surface area contributed by atoms with Gasteiger partial charge in [-0.15, -0.1) is 0 Å². The van der Waals surface area contributed by atoms with Crippen LogP contribution in [0.2, 0.25) is 0 Å². The molecule has 0 radical (unpaired) electrons. The number of ether oxygens (including phenoxy) is 1. The summed E-state index contributed by atoms with van der Waals surface area (Å²) in [6.07, 6.45) is 0.483. The molecule has 0 amide bonds. The van der Waals surface area contributed by atoms with Crippen LogP contribution in [0.1, 0.15) is 36.8 Å². The van der Waals surface area contributed by atoms with E-state index in [1.54, 1.807) is 6.92 Å². The van der Waals surface area contributed by atoms with E-state index >= 15 is 0 Å². The summed E-state index contributed by atoms with van der Waals surface area (Å²) in [5.41, 5.74) is 4.61. The molecule has 1 aromatic heterocycles. The number of aryl methyl sites for hydroxylation is 1. The van der Waals surface area contributed by atoms with E-state index in [4.69, 9.17) is 4.74 Å². The highest BCUT2D eigenvalue weighted by molar-refractivity contribution is 5.84. The lowest BCUT2D eigenvalue weighted by Gasteiger charge is -2.41. The Balaban J connectivity index is 1.72. The number of benzene rings is 2. The summed E-state index contributed by atoms with van der Waals surface area (Å²) in [5, 5.41) is 32.0. The maximum Gasteiger partial charge on any atom is 0.163 e. The molecule has 29 heavy (non-hydrogen) atoms. The normalized spacial score (nSPS) is 27.4. The first-order valence-electron chi connectivity index (χ1n) is 10.3. The van der Waals surface area contributed by atoms with Crippen molar-refractivity contribution in [1.82, 2.24) is 4.57 Å². The lowest BCUT2D eigenvalue weighted by Crippen LogP contribution is -2.52. The van der Waals surface area contributed by atoms with Gasteiger partial charge in [0.05, 0.1) is 24.3 Å². The molecule has 2 aromatic carbocycles. The Morgan fingerprint density at radius 2 is 1.66 bits per heavy atom. The molecule has 2 unspecified atom stereocenters. The van der Waals surface area contributed by atoms with Crippen LogP contribution < -0.4 is 0 Å². The zero-order valence-electron chi connectivity index (χ0n) is 16.9. The quantitative estimate of drug-likeness (QED) is 0.621. The molecule has 0 aliphatic carbocycles. The van der Waals surface area contributed by atoms with Crippen LogP contribution in [-0.4, -0.2) is 44.8 Å². The number of hydrogen-bond donors (Lipinski definition) is 3. The van der Waals surface area contributed by atoms with Crippen molar-refractivity contribution in [3.8, 4) is 0 Å². The first kappa shape index (κ1) is 20.1. The van der Waals surface area contributed by atoms with Crippen molar-refractivity contribution in [2.24, 2.45) is 5.92 Å². The summed E-state index contributed by atoms with van der Waals surface area (Å²) in [5.74, 6) is -0.343. The minimum absolute atomic E-state index is 0.197. The maximum atomic E-state index is 10.7. The molecule has 1 aliphatic rings. The Labute approximate surface area is 171 Å². The molecular formula is C24H29NO4. The number of hydrogen-bond acceptors (Lipinski definition) is 4. The average Bonchev–Trinajstić information content (AvgIpc) is 3.11. The van der Waals surface area contributed by atoms with E-state index in [1.807, 2.05) is 29.0 Å². The van der Waals surface area contributed by atoms with E-state index in [9.17, 15) is 15.3 Å². The van der Waals surface area contributed by atoms with E-state index < -0.39 is 24.5 Å². The highest BCUT2D eigenvalue weighted by atomic mass is 16.5. The summed E-state index contributed by atoms with van der Waals surface area (Å²) in [7, 11) is 0. The Bertz CT molecular complexity index is 963. The largest absolute Gasteiger partial charge is 0.394 e. The molecule has 1 fully saturated rings. The van der Waals surface area contributed by atoms with Gasteiger partial charge in [-0.05, 0) is 35.6 Å². The molecule has 154 valence electrons. The first-order valence-corrected chi connectivity index (χ1v) is 10.3. The number of rotatable bonds is 5. The molecule has 3 aromatic rings. The van der Waals surface area contributed by atoms with E-state index in [2.05, 4.69) is 37.3 Å². The molecule has 5 heteroatoms. The minimum Gasteiger partial charge on any atom is -0.394 e. The lowest BCUT2D eigenvalue weighted by atomic mass is 9.90. The second-order valence-corrected chi connectivity index (χ2v) is 8.01. The van der Waals surface area contributed by atoms with Gasteiger partial charge in [-0.3, -0.25) is 0 Å². The van der Waals surface area contributed by atoms with Crippen LogP contribution in [0.4, 0.5) is 0 Å². The van der Waals surface area contributed by atoms with Gasteiger partial charge < -0.3 is 24.6 Å². The number of aliphatic hydroxyl groups excluding tert-OH is 3. The molecule has 3 N–H and O–H groups in total. The maximum absolute atomic E-state index is 10.7. The second kappa shape index (κ2) is 8.28. The van der Waals surface area contributed by atoms with Crippen molar-refractivity contribution >= 4 is 10.9 Å². The van der Waals surface area contributed by atoms with Gasteiger partial charge >= 0.3 is 0 Å². The SMILES string of the molecule is CCc1ccc(Cc2cn(C3OC(CO)[C@@H](C)[C@H](O)[C@H]3O)c3ccccc23)cc1. The van der Waals surface area contributed by atoms with Gasteiger partial charge in [0.25, 0.3) is 0 Å². The van der Waals surface area contributed by atoms with E-state index in [0.717, 1.165) is 29.3 Å². The first-order chi connectivity index (χ1) is 14.0. The number of nitrogens with zero attached hydrogens (tertiary/aromatic N) is 1. The molecule has 0 spiro atoms. The van der Waals surface area contributed by atoms with Crippen molar-refractivity contribution in [3.63, 3.8) is 0 Å². The molecular weight excluding hydrogens is 366 g/mol. The molecule has 5 atom stereocenters. The smallest absolute Gasteiger partial charge is 0.163 e. The summed E-state index contributed by atoms with van der Waals surface area (Å²) >= 11 is 0. The van der Waals surface area contributed by atoms with Crippen molar-refractivity contribution in [2.45, 2.75) is 51.2 Å². The number of aliphatic hydroxyl groups is 3. The summed E-state index contributed by atoms with van der Waals surface area (Å²) < 4.78 is 7.92. The zero-order chi connectivity index (χ0) is 20.5. The van der Waals surface area contributed by atoms with E-state index in [-0.39, 0.29) is 12.5 Å². The standard InChI is InChI=1S/C24H29NO4/c1-3-16-8-10-17(11-9-16)12-18-13-25(20-7-5-4-6-19(18)20)24-23(28)22(27)15(2)21(14-26)29-24/h4-11,13,15,21-24,26-28H,3,12,14H2,1-2H3/t15-,21?,22+,23-,24?/m1/s1. The molecule has 1 saturated heterocycles. The highest BCUT2D eigenvalue weighted by Gasteiger charge is 2.43. The average molecular weight is 395 g/mol. The van der Waals surface area contributed by atoms with Crippen LogP contribution in [0.5, 0.6) is 0 Å². The molecule has 2 heterocycles. The topological polar surface area (TPSA) is 74.9 Å². The highest BCUT2D eigenvalue weighted by Crippen LogP contribution is 2.35. The third-order valence-electron chi connectivity index (χ3n) is 6.18. The van der Waals surface area contributed by atoms with Crippen LogP contribution in [0.3, 0.4) is 0 Å². The van der Waals surface area contributed by atoms with Crippen molar-refractivity contribution in [3.05, 3.63) is 71.4 Å². The van der Waals surface area contributed by atoms with E-state index in [0.29, 0.717) is 0 Å². The van der Waals surface area contributed by atoms with Crippen LogP contribution in [-0.2, 0) is 17.6 Å². The number of para-hydroxylation sites is 1.